The molecule has 160 valence electrons. The van der Waals surface area contributed by atoms with E-state index >= 15 is 0 Å². The summed E-state index contributed by atoms with van der Waals surface area (Å²) in [4.78, 5) is 26.3. The van der Waals surface area contributed by atoms with Gasteiger partial charge < -0.3 is 15.5 Å². The van der Waals surface area contributed by atoms with Crippen LogP contribution in [-0.2, 0) is 13.0 Å². The zero-order valence-electron chi connectivity index (χ0n) is 17.5. The molecule has 0 fully saturated rings. The largest absolute Gasteiger partial charge is 0.366 e. The number of fused-ring (bicyclic) bond motifs is 1. The molecule has 3 aromatic carbocycles. The Hall–Kier alpha value is -4.18. The number of anilines is 3. The highest BCUT2D eigenvalue weighted by molar-refractivity contribution is 6.00. The molecule has 0 atom stereocenters. The van der Waals surface area contributed by atoms with Gasteiger partial charge in [-0.1, -0.05) is 24.3 Å². The first-order valence-electron chi connectivity index (χ1n) is 10.2. The molecule has 1 aliphatic heterocycles. The maximum absolute atomic E-state index is 13.8. The SMILES string of the molecule is CC(=O)c1ccc(C#N)c(N2CCc3c(cccc3NC(=O)Nc3ccccc3F)C2)c1. The van der Waals surface area contributed by atoms with E-state index in [2.05, 4.69) is 21.6 Å². The topological polar surface area (TPSA) is 85.2 Å². The normalized spacial score (nSPS) is 12.5. The summed E-state index contributed by atoms with van der Waals surface area (Å²) in [6, 6.07) is 18.4. The third-order valence-electron chi connectivity index (χ3n) is 5.50. The molecule has 1 aliphatic rings. The number of hydrogen-bond donors (Lipinski definition) is 2. The van der Waals surface area contributed by atoms with Crippen molar-refractivity contribution in [2.75, 3.05) is 22.1 Å². The van der Waals surface area contributed by atoms with Gasteiger partial charge in [0.2, 0.25) is 0 Å². The quantitative estimate of drug-likeness (QED) is 0.566. The number of Topliss-reactive ketones (excluding diaryl/α,β-unsaturated/α-hetero) is 1. The molecule has 0 aromatic heterocycles. The lowest BCUT2D eigenvalue weighted by Gasteiger charge is -2.32. The van der Waals surface area contributed by atoms with Gasteiger partial charge in [0.25, 0.3) is 0 Å². The monoisotopic (exact) mass is 428 g/mol. The fraction of sp³-hybridized carbons (Fsp3) is 0.160. The molecule has 0 saturated heterocycles. The van der Waals surface area contributed by atoms with Crippen LogP contribution in [0.15, 0.2) is 60.7 Å². The highest BCUT2D eigenvalue weighted by atomic mass is 19.1. The van der Waals surface area contributed by atoms with E-state index in [0.29, 0.717) is 36.3 Å². The Kier molecular flexibility index (Phi) is 5.86. The molecular weight excluding hydrogens is 407 g/mol. The summed E-state index contributed by atoms with van der Waals surface area (Å²) in [6.07, 6.45) is 0.640. The van der Waals surface area contributed by atoms with Crippen molar-refractivity contribution in [1.82, 2.24) is 0 Å². The summed E-state index contributed by atoms with van der Waals surface area (Å²) in [5.41, 5.74) is 4.57. The van der Waals surface area contributed by atoms with Crippen LogP contribution in [0.4, 0.5) is 26.2 Å². The van der Waals surface area contributed by atoms with Crippen LogP contribution in [-0.4, -0.2) is 18.4 Å². The average Bonchev–Trinajstić information content (AvgIpc) is 2.80. The van der Waals surface area contributed by atoms with Crippen molar-refractivity contribution in [2.45, 2.75) is 19.9 Å². The fourth-order valence-corrected chi connectivity index (χ4v) is 3.88. The smallest absolute Gasteiger partial charge is 0.323 e. The maximum Gasteiger partial charge on any atom is 0.323 e. The van der Waals surface area contributed by atoms with Crippen LogP contribution in [0, 0.1) is 17.1 Å². The minimum absolute atomic E-state index is 0.0551. The number of benzene rings is 3. The Morgan fingerprint density at radius 3 is 2.53 bits per heavy atom. The van der Waals surface area contributed by atoms with Gasteiger partial charge in [0.05, 0.1) is 16.9 Å². The van der Waals surface area contributed by atoms with Crippen LogP contribution >= 0.6 is 0 Å². The van der Waals surface area contributed by atoms with Gasteiger partial charge in [-0.2, -0.15) is 5.26 Å². The fourth-order valence-electron chi connectivity index (χ4n) is 3.88. The first-order valence-corrected chi connectivity index (χ1v) is 10.2. The van der Waals surface area contributed by atoms with Gasteiger partial charge >= 0.3 is 6.03 Å². The molecule has 0 saturated carbocycles. The lowest BCUT2D eigenvalue weighted by molar-refractivity contribution is 0.101. The minimum Gasteiger partial charge on any atom is -0.366 e. The van der Waals surface area contributed by atoms with Crippen molar-refractivity contribution in [1.29, 1.82) is 5.26 Å². The lowest BCUT2D eigenvalue weighted by atomic mass is 9.96. The van der Waals surface area contributed by atoms with Crippen LogP contribution in [0.2, 0.25) is 0 Å². The predicted octanol–water partition coefficient (Wildman–Crippen LogP) is 5.11. The molecule has 0 aliphatic carbocycles. The van der Waals surface area contributed by atoms with Crippen LogP contribution in [0.5, 0.6) is 0 Å². The van der Waals surface area contributed by atoms with Crippen LogP contribution in [0.25, 0.3) is 0 Å². The molecule has 2 N–H and O–H groups in total. The molecule has 2 amide bonds. The van der Waals surface area contributed by atoms with Crippen molar-refractivity contribution in [2.24, 2.45) is 0 Å². The molecule has 0 spiro atoms. The van der Waals surface area contributed by atoms with E-state index < -0.39 is 11.8 Å². The molecule has 32 heavy (non-hydrogen) atoms. The summed E-state index contributed by atoms with van der Waals surface area (Å²) in [5, 5.41) is 14.9. The summed E-state index contributed by atoms with van der Waals surface area (Å²) >= 11 is 0. The van der Waals surface area contributed by atoms with Crippen molar-refractivity contribution in [3.8, 4) is 6.07 Å². The number of rotatable bonds is 4. The van der Waals surface area contributed by atoms with Crippen LogP contribution < -0.4 is 15.5 Å². The Bertz CT molecular complexity index is 1250. The number of para-hydroxylation sites is 1. The molecule has 7 heteroatoms. The third-order valence-corrected chi connectivity index (χ3v) is 5.50. The summed E-state index contributed by atoms with van der Waals surface area (Å²) in [7, 11) is 0. The van der Waals surface area contributed by atoms with E-state index in [-0.39, 0.29) is 11.5 Å². The Morgan fingerprint density at radius 1 is 1.03 bits per heavy atom. The number of carbonyl (C=O) groups is 2. The number of hydrogen-bond acceptors (Lipinski definition) is 4. The highest BCUT2D eigenvalue weighted by Gasteiger charge is 2.22. The number of halogens is 1. The van der Waals surface area contributed by atoms with E-state index in [0.717, 1.165) is 16.8 Å². The molecule has 0 bridgehead atoms. The van der Waals surface area contributed by atoms with Gasteiger partial charge in [-0.25, -0.2) is 9.18 Å². The zero-order chi connectivity index (χ0) is 22.7. The Morgan fingerprint density at radius 2 is 1.78 bits per heavy atom. The maximum atomic E-state index is 13.8. The van der Waals surface area contributed by atoms with Crippen LogP contribution in [0.3, 0.4) is 0 Å². The van der Waals surface area contributed by atoms with Crippen molar-refractivity contribution in [3.05, 3.63) is 88.7 Å². The van der Waals surface area contributed by atoms with Gasteiger partial charge in [-0.05, 0) is 60.9 Å². The van der Waals surface area contributed by atoms with Crippen molar-refractivity contribution < 1.29 is 14.0 Å². The van der Waals surface area contributed by atoms with Gasteiger partial charge in [0.1, 0.15) is 11.9 Å². The number of nitrogens with one attached hydrogen (secondary N) is 2. The van der Waals surface area contributed by atoms with Gasteiger partial charge in [0, 0.05) is 24.3 Å². The standard InChI is InChI=1S/C25H21FN4O2/c1-16(31)17-9-10-18(14-27)24(13-17)30-12-11-20-19(15-30)5-4-8-22(20)28-25(32)29-23-7-3-2-6-21(23)26/h2-10,13H,11-12,15H2,1H3,(H2,28,29,32). The molecule has 4 rings (SSSR count). The number of ketones is 1. The molecule has 0 radical (unpaired) electrons. The second kappa shape index (κ2) is 8.90. The molecule has 1 heterocycles. The molecule has 6 nitrogen and oxygen atoms in total. The minimum atomic E-state index is -0.521. The third kappa shape index (κ3) is 4.30. The summed E-state index contributed by atoms with van der Waals surface area (Å²) < 4.78 is 13.8. The zero-order valence-corrected chi connectivity index (χ0v) is 17.5. The van der Waals surface area contributed by atoms with Gasteiger partial charge in [-0.15, -0.1) is 0 Å². The van der Waals surface area contributed by atoms with Crippen molar-refractivity contribution in [3.63, 3.8) is 0 Å². The van der Waals surface area contributed by atoms with E-state index in [1.54, 1.807) is 30.3 Å². The first-order chi connectivity index (χ1) is 15.5. The second-order valence-corrected chi connectivity index (χ2v) is 7.57. The number of urea groups is 1. The van der Waals surface area contributed by atoms with E-state index in [9.17, 15) is 19.2 Å². The number of amides is 2. The summed E-state index contributed by atoms with van der Waals surface area (Å²) in [6.45, 7) is 2.66. The van der Waals surface area contributed by atoms with Gasteiger partial charge in [-0.3, -0.25) is 4.79 Å². The number of nitriles is 1. The Balaban J connectivity index is 1.55. The van der Waals surface area contributed by atoms with Crippen LogP contribution in [0.1, 0.15) is 34.0 Å². The average molecular weight is 428 g/mol. The Labute approximate surface area is 185 Å². The molecular formula is C25H21FN4O2. The van der Waals surface area contributed by atoms with E-state index in [4.69, 9.17) is 0 Å². The highest BCUT2D eigenvalue weighted by Crippen LogP contribution is 2.31. The number of nitrogens with zero attached hydrogens (tertiary/aromatic N) is 2. The summed E-state index contributed by atoms with van der Waals surface area (Å²) in [5.74, 6) is -0.560. The van der Waals surface area contributed by atoms with Gasteiger partial charge in [0.15, 0.2) is 5.78 Å². The predicted molar refractivity (Wildman–Crippen MR) is 121 cm³/mol. The molecule has 3 aromatic rings. The lowest BCUT2D eigenvalue weighted by Crippen LogP contribution is -2.32. The first kappa shape index (κ1) is 21.1. The second-order valence-electron chi connectivity index (χ2n) is 7.57. The molecule has 0 unspecified atom stereocenters. The van der Waals surface area contributed by atoms with E-state index in [1.165, 1.54) is 19.1 Å². The van der Waals surface area contributed by atoms with Crippen molar-refractivity contribution >= 4 is 28.9 Å². The number of carbonyl (C=O) groups excluding carboxylic acids is 2. The van der Waals surface area contributed by atoms with E-state index in [1.807, 2.05) is 18.2 Å².